The molecule has 0 aliphatic carbocycles. The van der Waals surface area contributed by atoms with E-state index >= 15 is 0 Å². The van der Waals surface area contributed by atoms with Gasteiger partial charge in [0.05, 0.1) is 12.6 Å². The predicted octanol–water partition coefficient (Wildman–Crippen LogP) is -0.998. The minimum Gasteiger partial charge on any atom is -0.368 e. The molecule has 1 aliphatic rings. The predicted molar refractivity (Wildman–Crippen MR) is 69.9 cm³/mol. The summed E-state index contributed by atoms with van der Waals surface area (Å²) >= 11 is 0. The van der Waals surface area contributed by atoms with Crippen molar-refractivity contribution in [2.45, 2.75) is 31.8 Å². The molecule has 0 aromatic carbocycles. The molecule has 0 saturated carbocycles. The van der Waals surface area contributed by atoms with E-state index in [1.54, 1.807) is 25.9 Å². The van der Waals surface area contributed by atoms with Crippen LogP contribution >= 0.6 is 0 Å². The Labute approximate surface area is 108 Å². The minimum atomic E-state index is -0.319. The molecule has 1 atom stereocenters. The molecular weight excluding hydrogens is 232 g/mol. The van der Waals surface area contributed by atoms with Crippen molar-refractivity contribution in [3.05, 3.63) is 0 Å². The monoisotopic (exact) mass is 256 g/mol. The molecule has 6 nitrogen and oxygen atoms in total. The minimum absolute atomic E-state index is 0.131. The summed E-state index contributed by atoms with van der Waals surface area (Å²) in [7, 11) is 3.54. The first-order valence-electron chi connectivity index (χ1n) is 6.38. The molecule has 18 heavy (non-hydrogen) atoms. The Balaban J connectivity index is 2.28. The van der Waals surface area contributed by atoms with Gasteiger partial charge in [0.15, 0.2) is 0 Å². The van der Waals surface area contributed by atoms with Crippen molar-refractivity contribution in [2.75, 3.05) is 33.7 Å². The Bertz CT molecular complexity index is 298. The van der Waals surface area contributed by atoms with Gasteiger partial charge in [0.1, 0.15) is 0 Å². The van der Waals surface area contributed by atoms with Crippen molar-refractivity contribution >= 4 is 11.8 Å². The number of likely N-dealkylation sites (tertiary alicyclic amines) is 1. The van der Waals surface area contributed by atoms with Gasteiger partial charge in [0.2, 0.25) is 11.8 Å². The summed E-state index contributed by atoms with van der Waals surface area (Å²) < 4.78 is 0. The van der Waals surface area contributed by atoms with Gasteiger partial charge in [-0.2, -0.15) is 0 Å². The highest BCUT2D eigenvalue weighted by molar-refractivity contribution is 5.79. The third kappa shape index (κ3) is 4.62. The first kappa shape index (κ1) is 14.9. The lowest BCUT2D eigenvalue weighted by Crippen LogP contribution is -2.50. The lowest BCUT2D eigenvalue weighted by atomic mass is 10.0. The molecule has 0 spiro atoms. The van der Waals surface area contributed by atoms with Gasteiger partial charge in [0, 0.05) is 33.2 Å². The van der Waals surface area contributed by atoms with Gasteiger partial charge in [-0.1, -0.05) is 0 Å². The number of likely N-dealkylation sites (N-methyl/N-ethyl adjacent to an activating group) is 1. The number of hydrogen-bond acceptors (Lipinski definition) is 4. The van der Waals surface area contributed by atoms with E-state index < -0.39 is 0 Å². The van der Waals surface area contributed by atoms with Crippen molar-refractivity contribution in [3.8, 4) is 0 Å². The maximum absolute atomic E-state index is 11.6. The fourth-order valence-electron chi connectivity index (χ4n) is 2.03. The van der Waals surface area contributed by atoms with Crippen LogP contribution in [0, 0.1) is 0 Å². The molecule has 1 heterocycles. The average molecular weight is 256 g/mol. The summed E-state index contributed by atoms with van der Waals surface area (Å²) in [5.41, 5.74) is 5.22. The second-order valence-electron chi connectivity index (χ2n) is 5.13. The van der Waals surface area contributed by atoms with Crippen LogP contribution in [0.3, 0.4) is 0 Å². The summed E-state index contributed by atoms with van der Waals surface area (Å²) in [5, 5.41) is 3.22. The Morgan fingerprint density at radius 1 is 1.39 bits per heavy atom. The summed E-state index contributed by atoms with van der Waals surface area (Å²) in [6, 6.07) is 0.0307. The van der Waals surface area contributed by atoms with E-state index in [1.165, 1.54) is 0 Å². The van der Waals surface area contributed by atoms with Gasteiger partial charge in [-0.25, -0.2) is 0 Å². The summed E-state index contributed by atoms with van der Waals surface area (Å²) in [5.74, 6) is -0.188. The fourth-order valence-corrected chi connectivity index (χ4v) is 2.03. The number of carbonyl (C=O) groups excluding carboxylic acids is 2. The number of nitrogens with two attached hydrogens (primary N) is 1. The largest absolute Gasteiger partial charge is 0.368 e. The molecule has 0 aromatic heterocycles. The Morgan fingerprint density at radius 2 is 1.94 bits per heavy atom. The number of piperidine rings is 1. The van der Waals surface area contributed by atoms with Gasteiger partial charge in [-0.15, -0.1) is 0 Å². The Hall–Kier alpha value is -1.14. The van der Waals surface area contributed by atoms with Crippen molar-refractivity contribution in [3.63, 3.8) is 0 Å². The van der Waals surface area contributed by atoms with Gasteiger partial charge < -0.3 is 16.0 Å². The normalized spacial score (nSPS) is 19.5. The van der Waals surface area contributed by atoms with Gasteiger partial charge >= 0.3 is 0 Å². The third-order valence-corrected chi connectivity index (χ3v) is 3.36. The van der Waals surface area contributed by atoms with Crippen LogP contribution in [0.25, 0.3) is 0 Å². The second kappa shape index (κ2) is 6.70. The molecule has 1 aliphatic heterocycles. The van der Waals surface area contributed by atoms with E-state index in [1.807, 2.05) is 0 Å². The van der Waals surface area contributed by atoms with Crippen LogP contribution < -0.4 is 11.1 Å². The zero-order valence-corrected chi connectivity index (χ0v) is 11.5. The molecule has 2 amide bonds. The number of amides is 2. The van der Waals surface area contributed by atoms with Crippen molar-refractivity contribution in [1.82, 2.24) is 15.1 Å². The van der Waals surface area contributed by atoms with E-state index in [9.17, 15) is 9.59 Å². The maximum atomic E-state index is 11.6. The second-order valence-corrected chi connectivity index (χ2v) is 5.13. The Kier molecular flexibility index (Phi) is 5.55. The van der Waals surface area contributed by atoms with Crippen LogP contribution in [0.1, 0.15) is 19.8 Å². The van der Waals surface area contributed by atoms with Crippen molar-refractivity contribution < 1.29 is 9.59 Å². The number of rotatable bonds is 5. The van der Waals surface area contributed by atoms with Crippen molar-refractivity contribution in [1.29, 1.82) is 0 Å². The van der Waals surface area contributed by atoms with Crippen molar-refractivity contribution in [2.24, 2.45) is 5.73 Å². The highest BCUT2D eigenvalue weighted by Crippen LogP contribution is 2.10. The van der Waals surface area contributed by atoms with Crippen LogP contribution in [0.4, 0.5) is 0 Å². The molecule has 0 bridgehead atoms. The van der Waals surface area contributed by atoms with Gasteiger partial charge in [-0.3, -0.25) is 14.5 Å². The zero-order chi connectivity index (χ0) is 13.7. The van der Waals surface area contributed by atoms with E-state index in [0.29, 0.717) is 12.6 Å². The fraction of sp³-hybridized carbons (Fsp3) is 0.833. The molecule has 0 aromatic rings. The topological polar surface area (TPSA) is 78.7 Å². The summed E-state index contributed by atoms with van der Waals surface area (Å²) in [4.78, 5) is 26.3. The van der Waals surface area contributed by atoms with Gasteiger partial charge in [0.25, 0.3) is 0 Å². The average Bonchev–Trinajstić information content (AvgIpc) is 2.31. The molecule has 0 radical (unpaired) electrons. The van der Waals surface area contributed by atoms with Crippen LogP contribution in [-0.2, 0) is 9.59 Å². The standard InChI is InChI=1S/C12H24N4O2/c1-9(12(13)18)14-10-4-6-16(7-5-10)8-11(17)15(2)3/h9-10,14H,4-8H2,1-3H3,(H2,13,18). The molecule has 1 unspecified atom stereocenters. The summed E-state index contributed by atoms with van der Waals surface area (Å²) in [6.07, 6.45) is 1.89. The molecule has 6 heteroatoms. The smallest absolute Gasteiger partial charge is 0.236 e. The molecule has 1 fully saturated rings. The first-order valence-corrected chi connectivity index (χ1v) is 6.38. The number of nitrogens with zero attached hydrogens (tertiary/aromatic N) is 2. The molecular formula is C12H24N4O2. The highest BCUT2D eigenvalue weighted by Gasteiger charge is 2.23. The molecule has 1 rings (SSSR count). The van der Waals surface area contributed by atoms with Gasteiger partial charge in [-0.05, 0) is 19.8 Å². The quantitative estimate of drug-likeness (QED) is 0.661. The van der Waals surface area contributed by atoms with E-state index in [-0.39, 0.29) is 17.9 Å². The van der Waals surface area contributed by atoms with Crippen LogP contribution in [-0.4, -0.2) is 67.4 Å². The highest BCUT2D eigenvalue weighted by atomic mass is 16.2. The van der Waals surface area contributed by atoms with Crippen LogP contribution in [0.15, 0.2) is 0 Å². The Morgan fingerprint density at radius 3 is 2.39 bits per heavy atom. The summed E-state index contributed by atoms with van der Waals surface area (Å²) in [6.45, 7) is 4.01. The molecule has 3 N–H and O–H groups in total. The van der Waals surface area contributed by atoms with E-state index in [4.69, 9.17) is 5.73 Å². The van der Waals surface area contributed by atoms with E-state index in [0.717, 1.165) is 25.9 Å². The zero-order valence-electron chi connectivity index (χ0n) is 11.5. The first-order chi connectivity index (χ1) is 8.40. The molecule has 1 saturated heterocycles. The lowest BCUT2D eigenvalue weighted by Gasteiger charge is -2.33. The van der Waals surface area contributed by atoms with Crippen LogP contribution in [0.2, 0.25) is 0 Å². The number of primary amides is 1. The van der Waals surface area contributed by atoms with Crippen LogP contribution in [0.5, 0.6) is 0 Å². The maximum Gasteiger partial charge on any atom is 0.236 e. The lowest BCUT2D eigenvalue weighted by molar-refractivity contribution is -0.130. The number of carbonyl (C=O) groups is 2. The molecule has 104 valence electrons. The number of nitrogens with one attached hydrogen (secondary N) is 1. The van der Waals surface area contributed by atoms with E-state index in [2.05, 4.69) is 10.2 Å². The SMILES string of the molecule is CC(NC1CCN(CC(=O)N(C)C)CC1)C(N)=O. The third-order valence-electron chi connectivity index (χ3n) is 3.36. The number of hydrogen-bond donors (Lipinski definition) is 2.